The van der Waals surface area contributed by atoms with Crippen molar-refractivity contribution in [2.24, 2.45) is 0 Å². The average molecular weight is 467 g/mol. The number of carbonyl (C=O) groups excluding carboxylic acids is 2. The SMILES string of the molecule is CCN(CC(=O)Nc1cc(C(C)(C)C)nn1-c1ccccc1Cl)C(=O)CCc1ccccc1. The third-order valence-corrected chi connectivity index (χ3v) is 5.68. The summed E-state index contributed by atoms with van der Waals surface area (Å²) in [7, 11) is 0. The number of anilines is 1. The van der Waals surface area contributed by atoms with Gasteiger partial charge in [-0.15, -0.1) is 0 Å². The van der Waals surface area contributed by atoms with Crippen molar-refractivity contribution in [3.8, 4) is 5.69 Å². The Balaban J connectivity index is 1.73. The predicted molar refractivity (Wildman–Crippen MR) is 133 cm³/mol. The van der Waals surface area contributed by atoms with Crippen LogP contribution in [0.25, 0.3) is 5.69 Å². The van der Waals surface area contributed by atoms with Crippen LogP contribution in [0.3, 0.4) is 0 Å². The maximum Gasteiger partial charge on any atom is 0.245 e. The Kier molecular flexibility index (Phi) is 7.92. The number of rotatable bonds is 8. The molecule has 0 saturated carbocycles. The molecule has 0 saturated heterocycles. The minimum atomic E-state index is -0.279. The third kappa shape index (κ3) is 6.45. The number of likely N-dealkylation sites (N-methyl/N-ethyl adjacent to an activating group) is 1. The molecule has 1 heterocycles. The molecule has 2 aromatic carbocycles. The van der Waals surface area contributed by atoms with Gasteiger partial charge in [0.2, 0.25) is 11.8 Å². The zero-order valence-electron chi connectivity index (χ0n) is 19.6. The fourth-order valence-electron chi connectivity index (χ4n) is 3.43. The first kappa shape index (κ1) is 24.5. The van der Waals surface area contributed by atoms with Gasteiger partial charge in [0.1, 0.15) is 5.82 Å². The van der Waals surface area contributed by atoms with E-state index in [2.05, 4.69) is 26.1 Å². The number of nitrogens with one attached hydrogen (secondary N) is 1. The van der Waals surface area contributed by atoms with Crippen LogP contribution in [-0.2, 0) is 21.4 Å². The predicted octanol–water partition coefficient (Wildman–Crippen LogP) is 5.24. The Bertz CT molecular complexity index is 1100. The molecule has 2 amide bonds. The van der Waals surface area contributed by atoms with E-state index >= 15 is 0 Å². The van der Waals surface area contributed by atoms with E-state index in [1.807, 2.05) is 61.5 Å². The summed E-state index contributed by atoms with van der Waals surface area (Å²) < 4.78 is 1.65. The molecule has 0 spiro atoms. The maximum absolute atomic E-state index is 12.9. The van der Waals surface area contributed by atoms with Gasteiger partial charge < -0.3 is 10.2 Å². The van der Waals surface area contributed by atoms with Crippen LogP contribution < -0.4 is 5.32 Å². The van der Waals surface area contributed by atoms with Crippen LogP contribution in [0.15, 0.2) is 60.7 Å². The molecule has 0 aliphatic rings. The molecule has 0 fully saturated rings. The van der Waals surface area contributed by atoms with Crippen molar-refractivity contribution in [2.45, 2.75) is 46.0 Å². The van der Waals surface area contributed by atoms with Crippen LogP contribution in [0, 0.1) is 0 Å². The topological polar surface area (TPSA) is 67.2 Å². The average Bonchev–Trinajstić information content (AvgIpc) is 3.20. The number of amides is 2. The summed E-state index contributed by atoms with van der Waals surface area (Å²) in [6.07, 6.45) is 1.00. The summed E-state index contributed by atoms with van der Waals surface area (Å²) in [5, 5.41) is 8.16. The number of benzene rings is 2. The molecule has 3 rings (SSSR count). The Morgan fingerprint density at radius 3 is 2.36 bits per heavy atom. The quantitative estimate of drug-likeness (QED) is 0.493. The second kappa shape index (κ2) is 10.7. The largest absolute Gasteiger partial charge is 0.334 e. The standard InChI is InChI=1S/C26H31ClN4O2/c1-5-30(25(33)16-15-19-11-7-6-8-12-19)18-24(32)28-23-17-22(26(2,3)4)29-31(23)21-14-10-9-13-20(21)27/h6-14,17H,5,15-16,18H2,1-4H3,(H,28,32). The van der Waals surface area contributed by atoms with Crippen molar-refractivity contribution < 1.29 is 9.59 Å². The lowest BCUT2D eigenvalue weighted by atomic mass is 9.92. The van der Waals surface area contributed by atoms with Crippen molar-refractivity contribution in [2.75, 3.05) is 18.4 Å². The van der Waals surface area contributed by atoms with Gasteiger partial charge in [-0.3, -0.25) is 9.59 Å². The fraction of sp³-hybridized carbons (Fsp3) is 0.346. The zero-order chi connectivity index (χ0) is 24.0. The first-order valence-electron chi connectivity index (χ1n) is 11.2. The lowest BCUT2D eigenvalue weighted by molar-refractivity contribution is -0.134. The monoisotopic (exact) mass is 466 g/mol. The van der Waals surface area contributed by atoms with Crippen molar-refractivity contribution in [3.63, 3.8) is 0 Å². The highest BCUT2D eigenvalue weighted by atomic mass is 35.5. The number of hydrogen-bond donors (Lipinski definition) is 1. The molecule has 1 N–H and O–H groups in total. The number of hydrogen-bond acceptors (Lipinski definition) is 3. The molecular formula is C26H31ClN4O2. The summed E-state index contributed by atoms with van der Waals surface area (Å²) in [6, 6.07) is 19.1. The number of aryl methyl sites for hydroxylation is 1. The van der Waals surface area contributed by atoms with Crippen LogP contribution in [0.5, 0.6) is 0 Å². The number of para-hydroxylation sites is 1. The molecule has 0 atom stereocenters. The number of nitrogens with zero attached hydrogens (tertiary/aromatic N) is 3. The van der Waals surface area contributed by atoms with Crippen molar-refractivity contribution in [1.29, 1.82) is 0 Å². The molecule has 0 unspecified atom stereocenters. The Labute approximate surface area is 200 Å². The van der Waals surface area contributed by atoms with Crippen LogP contribution in [0.4, 0.5) is 5.82 Å². The second-order valence-corrected chi connectivity index (χ2v) is 9.38. The first-order chi connectivity index (χ1) is 15.7. The number of halogens is 1. The summed E-state index contributed by atoms with van der Waals surface area (Å²) in [4.78, 5) is 27.2. The highest BCUT2D eigenvalue weighted by molar-refractivity contribution is 6.32. The second-order valence-electron chi connectivity index (χ2n) is 8.97. The Morgan fingerprint density at radius 2 is 1.73 bits per heavy atom. The van der Waals surface area contributed by atoms with E-state index in [0.717, 1.165) is 11.3 Å². The molecule has 0 aliphatic heterocycles. The molecule has 0 radical (unpaired) electrons. The van der Waals surface area contributed by atoms with E-state index < -0.39 is 0 Å². The number of aromatic nitrogens is 2. The molecule has 0 bridgehead atoms. The zero-order valence-corrected chi connectivity index (χ0v) is 20.4. The van der Waals surface area contributed by atoms with E-state index in [0.29, 0.717) is 35.9 Å². The van der Waals surface area contributed by atoms with Gasteiger partial charge in [-0.1, -0.05) is 74.8 Å². The van der Waals surface area contributed by atoms with Gasteiger partial charge in [-0.2, -0.15) is 5.10 Å². The molecule has 3 aromatic rings. The highest BCUT2D eigenvalue weighted by Crippen LogP contribution is 2.29. The van der Waals surface area contributed by atoms with Gasteiger partial charge >= 0.3 is 0 Å². The smallest absolute Gasteiger partial charge is 0.245 e. The highest BCUT2D eigenvalue weighted by Gasteiger charge is 2.23. The molecular weight excluding hydrogens is 436 g/mol. The minimum Gasteiger partial charge on any atom is -0.334 e. The van der Waals surface area contributed by atoms with Crippen molar-refractivity contribution in [3.05, 3.63) is 76.9 Å². The van der Waals surface area contributed by atoms with Gasteiger partial charge in [0.05, 0.1) is 22.9 Å². The van der Waals surface area contributed by atoms with Gasteiger partial charge in [0.25, 0.3) is 0 Å². The van der Waals surface area contributed by atoms with Gasteiger partial charge in [0, 0.05) is 24.4 Å². The van der Waals surface area contributed by atoms with Gasteiger partial charge in [0.15, 0.2) is 0 Å². The van der Waals surface area contributed by atoms with E-state index in [1.54, 1.807) is 15.6 Å². The summed E-state index contributed by atoms with van der Waals surface area (Å²) in [5.74, 6) is 0.191. The molecule has 33 heavy (non-hydrogen) atoms. The van der Waals surface area contributed by atoms with Crippen molar-refractivity contribution >= 4 is 29.2 Å². The van der Waals surface area contributed by atoms with Crippen LogP contribution in [0.1, 0.15) is 45.4 Å². The fourth-order valence-corrected chi connectivity index (χ4v) is 3.65. The van der Waals surface area contributed by atoms with E-state index in [1.165, 1.54) is 0 Å². The third-order valence-electron chi connectivity index (χ3n) is 5.37. The minimum absolute atomic E-state index is 0.0251. The molecule has 7 heteroatoms. The summed E-state index contributed by atoms with van der Waals surface area (Å²) >= 11 is 6.40. The maximum atomic E-state index is 12.9. The molecule has 6 nitrogen and oxygen atoms in total. The van der Waals surface area contributed by atoms with Crippen LogP contribution in [0.2, 0.25) is 5.02 Å². The number of carbonyl (C=O) groups is 2. The molecule has 174 valence electrons. The van der Waals surface area contributed by atoms with E-state index in [4.69, 9.17) is 16.7 Å². The lowest BCUT2D eigenvalue weighted by Gasteiger charge is -2.20. The van der Waals surface area contributed by atoms with Gasteiger partial charge in [-0.25, -0.2) is 4.68 Å². The van der Waals surface area contributed by atoms with E-state index in [-0.39, 0.29) is 23.8 Å². The van der Waals surface area contributed by atoms with Crippen molar-refractivity contribution in [1.82, 2.24) is 14.7 Å². The lowest BCUT2D eigenvalue weighted by Crippen LogP contribution is -2.38. The summed E-state index contributed by atoms with van der Waals surface area (Å²) in [6.45, 7) is 8.48. The normalized spacial score (nSPS) is 11.3. The Morgan fingerprint density at radius 1 is 1.06 bits per heavy atom. The van der Waals surface area contributed by atoms with Gasteiger partial charge in [-0.05, 0) is 31.0 Å². The van der Waals surface area contributed by atoms with E-state index in [9.17, 15) is 9.59 Å². The molecule has 0 aliphatic carbocycles. The Hall–Kier alpha value is -3.12. The first-order valence-corrected chi connectivity index (χ1v) is 11.5. The van der Waals surface area contributed by atoms with Crippen LogP contribution in [-0.4, -0.2) is 39.6 Å². The molecule has 1 aromatic heterocycles. The summed E-state index contributed by atoms with van der Waals surface area (Å²) in [5.41, 5.74) is 2.39. The van der Waals surface area contributed by atoms with Crippen LogP contribution >= 0.6 is 11.6 Å².